The van der Waals surface area contributed by atoms with Crippen LogP contribution in [0.2, 0.25) is 0 Å². The van der Waals surface area contributed by atoms with E-state index in [1.165, 1.54) is 28.8 Å². The average Bonchev–Trinajstić information content (AvgIpc) is 2.81. The van der Waals surface area contributed by atoms with Crippen molar-refractivity contribution in [1.82, 2.24) is 5.32 Å². The van der Waals surface area contributed by atoms with E-state index in [0.29, 0.717) is 6.54 Å². The number of hydrogen-bond acceptors (Lipinski definition) is 5. The summed E-state index contributed by atoms with van der Waals surface area (Å²) in [5.41, 5.74) is 1.33. The Hall–Kier alpha value is -3.30. The zero-order chi connectivity index (χ0) is 22.7. The normalized spacial score (nSPS) is 14.7. The second-order valence-corrected chi connectivity index (χ2v) is 9.70. The van der Waals surface area contributed by atoms with Gasteiger partial charge in [0.1, 0.15) is 11.4 Å². The van der Waals surface area contributed by atoms with Crippen molar-refractivity contribution in [2.45, 2.75) is 16.3 Å². The number of fused-ring (bicyclic) bond motifs is 1. The minimum Gasteiger partial charge on any atom is -0.350 e. The van der Waals surface area contributed by atoms with Gasteiger partial charge in [0.25, 0.3) is 10.0 Å². The van der Waals surface area contributed by atoms with Gasteiger partial charge >= 0.3 is 6.03 Å². The Balaban J connectivity index is 1.67. The maximum Gasteiger partial charge on any atom is 0.343 e. The van der Waals surface area contributed by atoms with E-state index in [0.717, 1.165) is 14.8 Å². The van der Waals surface area contributed by atoms with E-state index in [1.54, 1.807) is 30.3 Å². The van der Waals surface area contributed by atoms with Crippen molar-refractivity contribution in [2.75, 3.05) is 22.0 Å². The highest BCUT2D eigenvalue weighted by Crippen LogP contribution is 2.37. The Kier molecular flexibility index (Phi) is 6.20. The van der Waals surface area contributed by atoms with Crippen LogP contribution in [0, 0.1) is 0 Å². The Morgan fingerprint density at radius 1 is 0.969 bits per heavy atom. The van der Waals surface area contributed by atoms with Gasteiger partial charge in [0.2, 0.25) is 5.91 Å². The Labute approximate surface area is 191 Å². The van der Waals surface area contributed by atoms with Crippen LogP contribution in [-0.2, 0) is 21.4 Å². The number of thioether (sulfide) groups is 1. The predicted octanol–water partition coefficient (Wildman–Crippen LogP) is 3.86. The monoisotopic (exact) mass is 467 g/mol. The molecule has 1 aliphatic rings. The van der Waals surface area contributed by atoms with Crippen LogP contribution in [-0.4, -0.2) is 33.2 Å². The summed E-state index contributed by atoms with van der Waals surface area (Å²) in [5.74, 6) is -0.394. The van der Waals surface area contributed by atoms with Crippen molar-refractivity contribution in [1.29, 1.82) is 0 Å². The van der Waals surface area contributed by atoms with Crippen molar-refractivity contribution in [3.05, 3.63) is 84.4 Å². The fourth-order valence-corrected chi connectivity index (χ4v) is 5.49. The SMILES string of the molecule is CSc1cccc(N2C(=O)N(CC(=O)NCc3ccccc3)c3ccccc3S2(=O)=O)c1. The highest BCUT2D eigenvalue weighted by molar-refractivity contribution is 7.98. The summed E-state index contributed by atoms with van der Waals surface area (Å²) in [7, 11) is -4.13. The van der Waals surface area contributed by atoms with E-state index in [2.05, 4.69) is 5.32 Å². The quantitative estimate of drug-likeness (QED) is 0.557. The van der Waals surface area contributed by atoms with Gasteiger partial charge in [-0.3, -0.25) is 9.69 Å². The third kappa shape index (κ3) is 4.21. The van der Waals surface area contributed by atoms with Gasteiger partial charge in [-0.1, -0.05) is 48.5 Å². The minimum absolute atomic E-state index is 0.0231. The summed E-state index contributed by atoms with van der Waals surface area (Å²) in [6.45, 7) is -0.00193. The third-order valence-corrected chi connectivity index (χ3v) is 7.48. The van der Waals surface area contributed by atoms with E-state index >= 15 is 0 Å². The van der Waals surface area contributed by atoms with Gasteiger partial charge in [0, 0.05) is 11.4 Å². The number of nitrogens with zero attached hydrogens (tertiary/aromatic N) is 2. The average molecular weight is 468 g/mol. The summed E-state index contributed by atoms with van der Waals surface area (Å²) in [5, 5.41) is 2.79. The molecule has 0 saturated heterocycles. The van der Waals surface area contributed by atoms with E-state index < -0.39 is 22.0 Å². The predicted molar refractivity (Wildman–Crippen MR) is 125 cm³/mol. The number of rotatable bonds is 6. The van der Waals surface area contributed by atoms with Crippen molar-refractivity contribution < 1.29 is 18.0 Å². The van der Waals surface area contributed by atoms with Gasteiger partial charge < -0.3 is 5.32 Å². The first kappa shape index (κ1) is 21.9. The van der Waals surface area contributed by atoms with Gasteiger partial charge in [-0.15, -0.1) is 11.8 Å². The van der Waals surface area contributed by atoms with Crippen LogP contribution in [0.25, 0.3) is 0 Å². The van der Waals surface area contributed by atoms with Crippen LogP contribution < -0.4 is 14.5 Å². The zero-order valence-corrected chi connectivity index (χ0v) is 18.9. The summed E-state index contributed by atoms with van der Waals surface area (Å²) in [6, 6.07) is 21.5. The number of carbonyl (C=O) groups excluding carboxylic acids is 2. The number of para-hydroxylation sites is 1. The maximum absolute atomic E-state index is 13.4. The van der Waals surface area contributed by atoms with Gasteiger partial charge in [-0.05, 0) is 42.2 Å². The number of urea groups is 1. The van der Waals surface area contributed by atoms with Crippen molar-refractivity contribution in [3.63, 3.8) is 0 Å². The molecule has 1 N–H and O–H groups in total. The number of hydrogen-bond donors (Lipinski definition) is 1. The fraction of sp³-hybridized carbons (Fsp3) is 0.130. The number of amides is 3. The third-order valence-electron chi connectivity index (χ3n) is 5.00. The van der Waals surface area contributed by atoms with Crippen LogP contribution in [0.4, 0.5) is 16.2 Å². The summed E-state index contributed by atoms with van der Waals surface area (Å²) >= 11 is 1.44. The lowest BCUT2D eigenvalue weighted by Crippen LogP contribution is -2.53. The summed E-state index contributed by atoms with van der Waals surface area (Å²) in [4.78, 5) is 28.1. The molecule has 1 aliphatic heterocycles. The molecule has 1 heterocycles. The maximum atomic E-state index is 13.4. The molecular weight excluding hydrogens is 446 g/mol. The van der Waals surface area contributed by atoms with Crippen LogP contribution in [0.1, 0.15) is 5.56 Å². The lowest BCUT2D eigenvalue weighted by atomic mass is 10.2. The molecule has 0 atom stereocenters. The van der Waals surface area contributed by atoms with Gasteiger partial charge in [-0.2, -0.15) is 4.31 Å². The Morgan fingerprint density at radius 3 is 2.44 bits per heavy atom. The summed E-state index contributed by atoms with van der Waals surface area (Å²) < 4.78 is 27.4. The van der Waals surface area contributed by atoms with Gasteiger partial charge in [0.05, 0.1) is 11.4 Å². The second kappa shape index (κ2) is 9.05. The highest BCUT2D eigenvalue weighted by atomic mass is 32.2. The molecule has 0 aliphatic carbocycles. The molecule has 0 saturated carbocycles. The number of carbonyl (C=O) groups is 2. The molecule has 4 rings (SSSR count). The van der Waals surface area contributed by atoms with Crippen molar-refractivity contribution >= 4 is 45.1 Å². The molecule has 0 bridgehead atoms. The fourth-order valence-electron chi connectivity index (χ4n) is 3.45. The number of sulfonamides is 1. The van der Waals surface area contributed by atoms with E-state index in [4.69, 9.17) is 0 Å². The molecule has 0 radical (unpaired) electrons. The number of nitrogens with one attached hydrogen (secondary N) is 1. The second-order valence-electron chi connectivity index (χ2n) is 7.07. The van der Waals surface area contributed by atoms with E-state index in [-0.39, 0.29) is 22.8 Å². The van der Waals surface area contributed by atoms with Crippen LogP contribution in [0.15, 0.2) is 88.7 Å². The largest absolute Gasteiger partial charge is 0.350 e. The molecule has 0 unspecified atom stereocenters. The molecule has 0 aromatic heterocycles. The standard InChI is InChI=1S/C23H21N3O4S2/c1-31-19-11-7-10-18(14-19)26-23(28)25(20-12-5-6-13-21(20)32(26,29)30)16-22(27)24-15-17-8-3-2-4-9-17/h2-14H,15-16H2,1H3,(H,24,27). The van der Waals surface area contributed by atoms with Gasteiger partial charge in [0.15, 0.2) is 0 Å². The lowest BCUT2D eigenvalue weighted by molar-refractivity contribution is -0.119. The van der Waals surface area contributed by atoms with E-state index in [1.807, 2.05) is 42.7 Å². The van der Waals surface area contributed by atoms with E-state index in [9.17, 15) is 18.0 Å². The van der Waals surface area contributed by atoms with Crippen LogP contribution in [0.3, 0.4) is 0 Å². The van der Waals surface area contributed by atoms with Crippen molar-refractivity contribution in [3.8, 4) is 0 Å². The molecule has 3 amide bonds. The molecule has 9 heteroatoms. The van der Waals surface area contributed by atoms with Crippen LogP contribution in [0.5, 0.6) is 0 Å². The van der Waals surface area contributed by atoms with Gasteiger partial charge in [-0.25, -0.2) is 13.2 Å². The van der Waals surface area contributed by atoms with Crippen molar-refractivity contribution in [2.24, 2.45) is 0 Å². The molecular formula is C23H21N3O4S2. The molecule has 3 aromatic carbocycles. The smallest absolute Gasteiger partial charge is 0.343 e. The molecule has 164 valence electrons. The minimum atomic E-state index is -4.13. The molecule has 3 aromatic rings. The first-order chi connectivity index (χ1) is 15.4. The Bertz CT molecular complexity index is 1260. The zero-order valence-electron chi connectivity index (χ0n) is 17.3. The summed E-state index contributed by atoms with van der Waals surface area (Å²) in [6.07, 6.45) is 1.87. The first-order valence-corrected chi connectivity index (χ1v) is 12.5. The molecule has 7 nitrogen and oxygen atoms in total. The molecule has 0 spiro atoms. The molecule has 0 fully saturated rings. The Morgan fingerprint density at radius 2 is 1.69 bits per heavy atom. The number of benzene rings is 3. The highest BCUT2D eigenvalue weighted by Gasteiger charge is 2.43. The lowest BCUT2D eigenvalue weighted by Gasteiger charge is -2.35. The first-order valence-electron chi connectivity index (χ1n) is 9.82. The molecule has 32 heavy (non-hydrogen) atoms. The topological polar surface area (TPSA) is 86.8 Å². The number of anilines is 2. The van der Waals surface area contributed by atoms with Crippen LogP contribution >= 0.6 is 11.8 Å².